The molecule has 0 aromatic heterocycles. The van der Waals surface area contributed by atoms with Crippen LogP contribution >= 0.6 is 0 Å². The van der Waals surface area contributed by atoms with E-state index in [1.807, 2.05) is 24.3 Å². The second-order valence-electron chi connectivity index (χ2n) is 4.76. The van der Waals surface area contributed by atoms with E-state index in [9.17, 15) is 0 Å². The molecule has 100 valence electrons. The van der Waals surface area contributed by atoms with Crippen LogP contribution in [0.25, 0.3) is 0 Å². The first-order chi connectivity index (χ1) is 9.15. The van der Waals surface area contributed by atoms with Crippen molar-refractivity contribution in [1.29, 1.82) is 0 Å². The molecule has 0 saturated heterocycles. The fraction of sp³-hybridized carbons (Fsp3) is 0.250. The lowest BCUT2D eigenvalue weighted by atomic mass is 9.95. The first-order valence-corrected chi connectivity index (χ1v) is 6.33. The minimum atomic E-state index is -0.0743. The Labute approximate surface area is 114 Å². The summed E-state index contributed by atoms with van der Waals surface area (Å²) >= 11 is 0. The Morgan fingerprint density at radius 2 is 1.68 bits per heavy atom. The molecule has 3 nitrogen and oxygen atoms in total. The van der Waals surface area contributed by atoms with Gasteiger partial charge in [0.1, 0.15) is 5.75 Å². The van der Waals surface area contributed by atoms with Crippen LogP contribution in [0.15, 0.2) is 42.5 Å². The van der Waals surface area contributed by atoms with Crippen LogP contribution in [0.2, 0.25) is 0 Å². The number of methoxy groups -OCH3 is 1. The highest BCUT2D eigenvalue weighted by Gasteiger charge is 2.16. The summed E-state index contributed by atoms with van der Waals surface area (Å²) in [5, 5.41) is 0. The first-order valence-electron chi connectivity index (χ1n) is 6.33. The van der Waals surface area contributed by atoms with Crippen LogP contribution < -0.4 is 16.0 Å². The molecular weight excluding hydrogens is 236 g/mol. The van der Waals surface area contributed by atoms with Crippen molar-refractivity contribution < 1.29 is 4.74 Å². The van der Waals surface area contributed by atoms with Crippen molar-refractivity contribution in [3.63, 3.8) is 0 Å². The van der Waals surface area contributed by atoms with Gasteiger partial charge in [-0.05, 0) is 25.5 Å². The topological polar surface area (TPSA) is 47.3 Å². The van der Waals surface area contributed by atoms with Gasteiger partial charge in [0.05, 0.1) is 13.2 Å². The summed E-state index contributed by atoms with van der Waals surface area (Å²) in [6.45, 7) is 4.18. The van der Waals surface area contributed by atoms with Crippen LogP contribution in [0.4, 0.5) is 0 Å². The zero-order valence-corrected chi connectivity index (χ0v) is 11.6. The van der Waals surface area contributed by atoms with Crippen LogP contribution in [0.1, 0.15) is 28.3 Å². The molecule has 0 aliphatic heterocycles. The summed E-state index contributed by atoms with van der Waals surface area (Å²) in [6.07, 6.45) is 0. The smallest absolute Gasteiger partial charge is 0.124 e. The molecule has 0 fully saturated rings. The zero-order valence-electron chi connectivity index (χ0n) is 11.6. The first kappa shape index (κ1) is 13.6. The van der Waals surface area contributed by atoms with E-state index >= 15 is 0 Å². The third-order valence-electron chi connectivity index (χ3n) is 3.19. The Bertz CT molecular complexity index is 546. The molecule has 0 aliphatic rings. The average Bonchev–Trinajstić information content (AvgIpc) is 2.39. The van der Waals surface area contributed by atoms with Crippen LogP contribution in [0, 0.1) is 13.8 Å². The number of ether oxygens (including phenoxy) is 1. The van der Waals surface area contributed by atoms with Gasteiger partial charge in [0, 0.05) is 5.56 Å². The number of para-hydroxylation sites is 1. The lowest BCUT2D eigenvalue weighted by Crippen LogP contribution is -2.29. The summed E-state index contributed by atoms with van der Waals surface area (Å²) < 4.78 is 5.41. The number of rotatable bonds is 4. The lowest BCUT2D eigenvalue weighted by molar-refractivity contribution is 0.404. The van der Waals surface area contributed by atoms with Crippen molar-refractivity contribution >= 4 is 0 Å². The monoisotopic (exact) mass is 256 g/mol. The summed E-state index contributed by atoms with van der Waals surface area (Å²) in [7, 11) is 1.67. The number of benzene rings is 2. The van der Waals surface area contributed by atoms with Gasteiger partial charge in [0.25, 0.3) is 0 Å². The molecule has 0 radical (unpaired) electrons. The van der Waals surface area contributed by atoms with E-state index in [2.05, 4.69) is 37.5 Å². The predicted octanol–water partition coefficient (Wildman–Crippen LogP) is 2.86. The maximum atomic E-state index is 5.76. The van der Waals surface area contributed by atoms with Crippen molar-refractivity contribution in [1.82, 2.24) is 5.43 Å². The van der Waals surface area contributed by atoms with Gasteiger partial charge in [0.15, 0.2) is 0 Å². The Balaban J connectivity index is 2.49. The molecule has 0 spiro atoms. The molecule has 3 N–H and O–H groups in total. The Morgan fingerprint density at radius 1 is 1.05 bits per heavy atom. The normalized spacial score (nSPS) is 12.2. The van der Waals surface area contributed by atoms with E-state index in [1.54, 1.807) is 7.11 Å². The van der Waals surface area contributed by atoms with Crippen molar-refractivity contribution in [2.45, 2.75) is 19.9 Å². The fourth-order valence-corrected chi connectivity index (χ4v) is 2.45. The van der Waals surface area contributed by atoms with Crippen LogP contribution in [-0.4, -0.2) is 7.11 Å². The van der Waals surface area contributed by atoms with Gasteiger partial charge in [-0.1, -0.05) is 47.5 Å². The maximum Gasteiger partial charge on any atom is 0.124 e. The standard InChI is InChI=1S/C16H20N2O/c1-11-8-12(2)10-13(9-11)16(18-17)14-6-4-5-7-15(14)19-3/h4-10,16,18H,17H2,1-3H3. The molecule has 3 heteroatoms. The van der Waals surface area contributed by atoms with Crippen LogP contribution in [-0.2, 0) is 0 Å². The van der Waals surface area contributed by atoms with E-state index in [1.165, 1.54) is 11.1 Å². The highest BCUT2D eigenvalue weighted by atomic mass is 16.5. The maximum absolute atomic E-state index is 5.76. The van der Waals surface area contributed by atoms with E-state index < -0.39 is 0 Å². The van der Waals surface area contributed by atoms with Crippen LogP contribution in [0.3, 0.4) is 0 Å². The van der Waals surface area contributed by atoms with Crippen molar-refractivity contribution in [3.05, 3.63) is 64.7 Å². The van der Waals surface area contributed by atoms with E-state index in [0.717, 1.165) is 16.9 Å². The minimum absolute atomic E-state index is 0.0743. The van der Waals surface area contributed by atoms with Gasteiger partial charge in [-0.2, -0.15) is 0 Å². The molecule has 2 aromatic carbocycles. The number of aryl methyl sites for hydroxylation is 2. The lowest BCUT2D eigenvalue weighted by Gasteiger charge is -2.20. The highest BCUT2D eigenvalue weighted by molar-refractivity contribution is 5.43. The second-order valence-corrected chi connectivity index (χ2v) is 4.76. The highest BCUT2D eigenvalue weighted by Crippen LogP contribution is 2.30. The van der Waals surface area contributed by atoms with Crippen LogP contribution in [0.5, 0.6) is 5.75 Å². The molecular formula is C16H20N2O. The van der Waals surface area contributed by atoms with Gasteiger partial charge >= 0.3 is 0 Å². The summed E-state index contributed by atoms with van der Waals surface area (Å²) in [5.41, 5.74) is 7.52. The number of nitrogens with one attached hydrogen (secondary N) is 1. The minimum Gasteiger partial charge on any atom is -0.496 e. The molecule has 1 atom stereocenters. The van der Waals surface area contributed by atoms with Crippen molar-refractivity contribution in [2.24, 2.45) is 5.84 Å². The summed E-state index contributed by atoms with van der Waals surface area (Å²) in [4.78, 5) is 0. The third-order valence-corrected chi connectivity index (χ3v) is 3.19. The molecule has 19 heavy (non-hydrogen) atoms. The molecule has 0 heterocycles. The van der Waals surface area contributed by atoms with Gasteiger partial charge in [-0.25, -0.2) is 5.43 Å². The Hall–Kier alpha value is -1.84. The SMILES string of the molecule is COc1ccccc1C(NN)c1cc(C)cc(C)c1. The van der Waals surface area contributed by atoms with Gasteiger partial charge in [-0.15, -0.1) is 0 Å². The summed E-state index contributed by atoms with van der Waals surface area (Å²) in [6, 6.07) is 14.3. The number of nitrogens with two attached hydrogens (primary N) is 1. The van der Waals surface area contributed by atoms with Crippen molar-refractivity contribution in [2.75, 3.05) is 7.11 Å². The number of hydrazine groups is 1. The zero-order chi connectivity index (χ0) is 13.8. The molecule has 0 amide bonds. The summed E-state index contributed by atoms with van der Waals surface area (Å²) in [5.74, 6) is 6.59. The molecule has 1 unspecified atom stereocenters. The molecule has 2 rings (SSSR count). The molecule has 0 aliphatic carbocycles. The largest absolute Gasteiger partial charge is 0.496 e. The predicted molar refractivity (Wildman–Crippen MR) is 78.1 cm³/mol. The number of hydrogen-bond donors (Lipinski definition) is 2. The Kier molecular flexibility index (Phi) is 4.20. The average molecular weight is 256 g/mol. The van der Waals surface area contributed by atoms with Gasteiger partial charge in [-0.3, -0.25) is 5.84 Å². The molecule has 0 saturated carbocycles. The van der Waals surface area contributed by atoms with E-state index in [-0.39, 0.29) is 6.04 Å². The van der Waals surface area contributed by atoms with Gasteiger partial charge < -0.3 is 4.74 Å². The quantitative estimate of drug-likeness (QED) is 0.653. The molecule has 0 bridgehead atoms. The van der Waals surface area contributed by atoms with E-state index in [4.69, 9.17) is 10.6 Å². The molecule has 2 aromatic rings. The number of hydrogen-bond acceptors (Lipinski definition) is 3. The van der Waals surface area contributed by atoms with E-state index in [0.29, 0.717) is 0 Å². The Morgan fingerprint density at radius 3 is 2.26 bits per heavy atom. The van der Waals surface area contributed by atoms with Crippen molar-refractivity contribution in [3.8, 4) is 5.75 Å². The third kappa shape index (κ3) is 2.95. The van der Waals surface area contributed by atoms with Gasteiger partial charge in [0.2, 0.25) is 0 Å². The fourth-order valence-electron chi connectivity index (χ4n) is 2.45. The second kappa shape index (κ2) is 5.87.